The van der Waals surface area contributed by atoms with Crippen LogP contribution in [0.2, 0.25) is 0 Å². The highest BCUT2D eigenvalue weighted by atomic mass is 15.1. The van der Waals surface area contributed by atoms with Gasteiger partial charge in [-0.1, -0.05) is 27.2 Å². The molecule has 0 spiro atoms. The predicted octanol–water partition coefficient (Wildman–Crippen LogP) is 3.13. The van der Waals surface area contributed by atoms with Crippen molar-refractivity contribution in [2.24, 2.45) is 11.8 Å². The van der Waals surface area contributed by atoms with Crippen molar-refractivity contribution < 1.29 is 0 Å². The van der Waals surface area contributed by atoms with Crippen LogP contribution in [0.3, 0.4) is 0 Å². The number of hydrogen-bond acceptors (Lipinski definition) is 2. The van der Waals surface area contributed by atoms with Gasteiger partial charge in [-0.15, -0.1) is 0 Å². The van der Waals surface area contributed by atoms with E-state index in [0.29, 0.717) is 0 Å². The second-order valence-corrected chi connectivity index (χ2v) is 5.82. The molecule has 1 fully saturated rings. The molecule has 0 saturated carbocycles. The fourth-order valence-electron chi connectivity index (χ4n) is 2.85. The zero-order chi connectivity index (χ0) is 12.5. The number of nitrogens with one attached hydrogen (secondary N) is 1. The highest BCUT2D eigenvalue weighted by Gasteiger charge is 2.16. The lowest BCUT2D eigenvalue weighted by Gasteiger charge is -2.24. The van der Waals surface area contributed by atoms with Gasteiger partial charge in [-0.05, 0) is 63.7 Å². The van der Waals surface area contributed by atoms with Gasteiger partial charge in [0.1, 0.15) is 0 Å². The maximum absolute atomic E-state index is 3.53. The molecule has 1 saturated heterocycles. The Kier molecular flexibility index (Phi) is 7.87. The molecule has 0 aromatic carbocycles. The molecule has 2 atom stereocenters. The smallest absolute Gasteiger partial charge is 0.00191 e. The number of nitrogens with zero attached hydrogens (tertiary/aromatic N) is 1. The van der Waals surface area contributed by atoms with E-state index in [1.54, 1.807) is 0 Å². The van der Waals surface area contributed by atoms with Gasteiger partial charge in [0.25, 0.3) is 0 Å². The largest absolute Gasteiger partial charge is 0.316 e. The third kappa shape index (κ3) is 6.42. The zero-order valence-corrected chi connectivity index (χ0v) is 12.2. The molecule has 0 aliphatic carbocycles. The van der Waals surface area contributed by atoms with Crippen LogP contribution in [0.4, 0.5) is 0 Å². The molecule has 1 heterocycles. The SMILES string of the molecule is CCCNCC(C)CN1CCCC(CC)CC1. The van der Waals surface area contributed by atoms with Crippen LogP contribution in [-0.4, -0.2) is 37.6 Å². The van der Waals surface area contributed by atoms with E-state index >= 15 is 0 Å². The van der Waals surface area contributed by atoms with Gasteiger partial charge in [0, 0.05) is 6.54 Å². The minimum Gasteiger partial charge on any atom is -0.316 e. The minimum absolute atomic E-state index is 0.791. The topological polar surface area (TPSA) is 15.3 Å². The Morgan fingerprint density at radius 3 is 2.76 bits per heavy atom. The zero-order valence-electron chi connectivity index (χ0n) is 12.2. The monoisotopic (exact) mass is 240 g/mol. The Bertz CT molecular complexity index is 182. The first kappa shape index (κ1) is 15.0. The van der Waals surface area contributed by atoms with Crippen LogP contribution in [0, 0.1) is 11.8 Å². The summed E-state index contributed by atoms with van der Waals surface area (Å²) in [4.78, 5) is 2.69. The summed E-state index contributed by atoms with van der Waals surface area (Å²) in [5.74, 6) is 1.79. The molecule has 17 heavy (non-hydrogen) atoms. The van der Waals surface area contributed by atoms with Crippen LogP contribution < -0.4 is 5.32 Å². The first-order chi connectivity index (χ1) is 8.26. The molecule has 2 unspecified atom stereocenters. The third-order valence-corrected chi connectivity index (χ3v) is 4.01. The molecule has 1 rings (SSSR count). The average Bonchev–Trinajstić information content (AvgIpc) is 2.54. The molecular formula is C15H32N2. The van der Waals surface area contributed by atoms with Crippen LogP contribution >= 0.6 is 0 Å². The highest BCUT2D eigenvalue weighted by molar-refractivity contribution is 4.71. The van der Waals surface area contributed by atoms with Gasteiger partial charge >= 0.3 is 0 Å². The van der Waals surface area contributed by atoms with Crippen molar-refractivity contribution in [1.29, 1.82) is 0 Å². The Morgan fingerprint density at radius 2 is 2.06 bits per heavy atom. The molecule has 1 N–H and O–H groups in total. The fourth-order valence-corrected chi connectivity index (χ4v) is 2.85. The summed E-state index contributed by atoms with van der Waals surface area (Å²) >= 11 is 0. The highest BCUT2D eigenvalue weighted by Crippen LogP contribution is 2.20. The maximum Gasteiger partial charge on any atom is 0.00191 e. The summed E-state index contributed by atoms with van der Waals surface area (Å²) < 4.78 is 0. The molecule has 0 bridgehead atoms. The summed E-state index contributed by atoms with van der Waals surface area (Å²) in [5, 5.41) is 3.53. The molecule has 2 nitrogen and oxygen atoms in total. The summed E-state index contributed by atoms with van der Waals surface area (Å²) in [7, 11) is 0. The average molecular weight is 240 g/mol. The molecule has 1 aliphatic rings. The van der Waals surface area contributed by atoms with Crippen molar-refractivity contribution in [2.45, 2.75) is 52.9 Å². The lowest BCUT2D eigenvalue weighted by atomic mass is 9.98. The normalized spacial score (nSPS) is 24.5. The summed E-state index contributed by atoms with van der Waals surface area (Å²) in [5.41, 5.74) is 0. The van der Waals surface area contributed by atoms with Crippen molar-refractivity contribution in [2.75, 3.05) is 32.7 Å². The number of rotatable bonds is 7. The van der Waals surface area contributed by atoms with Gasteiger partial charge in [-0.2, -0.15) is 0 Å². The number of likely N-dealkylation sites (tertiary alicyclic amines) is 1. The van der Waals surface area contributed by atoms with Crippen molar-refractivity contribution in [3.05, 3.63) is 0 Å². The molecule has 2 heteroatoms. The number of hydrogen-bond donors (Lipinski definition) is 1. The minimum atomic E-state index is 0.791. The Hall–Kier alpha value is -0.0800. The van der Waals surface area contributed by atoms with Gasteiger partial charge in [0.05, 0.1) is 0 Å². The second-order valence-electron chi connectivity index (χ2n) is 5.82. The van der Waals surface area contributed by atoms with Crippen molar-refractivity contribution >= 4 is 0 Å². The summed E-state index contributed by atoms with van der Waals surface area (Å²) in [6, 6.07) is 0. The van der Waals surface area contributed by atoms with Crippen LogP contribution in [0.25, 0.3) is 0 Å². The van der Waals surface area contributed by atoms with Crippen LogP contribution in [-0.2, 0) is 0 Å². The Labute approximate surface area is 108 Å². The standard InChI is InChI=1S/C15H32N2/c1-4-9-16-12-14(3)13-17-10-6-7-15(5-2)8-11-17/h14-16H,4-13H2,1-3H3. The van der Waals surface area contributed by atoms with E-state index in [9.17, 15) is 0 Å². The lowest BCUT2D eigenvalue weighted by Crippen LogP contribution is -2.34. The van der Waals surface area contributed by atoms with E-state index in [4.69, 9.17) is 0 Å². The van der Waals surface area contributed by atoms with Gasteiger partial charge in [-0.3, -0.25) is 0 Å². The molecular weight excluding hydrogens is 208 g/mol. The van der Waals surface area contributed by atoms with Crippen LogP contribution in [0.5, 0.6) is 0 Å². The van der Waals surface area contributed by atoms with Crippen molar-refractivity contribution in [1.82, 2.24) is 10.2 Å². The van der Waals surface area contributed by atoms with E-state index in [0.717, 1.165) is 11.8 Å². The summed E-state index contributed by atoms with van der Waals surface area (Å²) in [6.45, 7) is 13.3. The maximum atomic E-state index is 3.53. The van der Waals surface area contributed by atoms with E-state index in [1.165, 1.54) is 64.8 Å². The van der Waals surface area contributed by atoms with E-state index in [2.05, 4.69) is 31.0 Å². The Morgan fingerprint density at radius 1 is 1.24 bits per heavy atom. The molecule has 0 aromatic heterocycles. The first-order valence-electron chi connectivity index (χ1n) is 7.69. The van der Waals surface area contributed by atoms with E-state index in [1.807, 2.05) is 0 Å². The fraction of sp³-hybridized carbons (Fsp3) is 1.00. The molecule has 0 aromatic rings. The molecule has 0 amide bonds. The third-order valence-electron chi connectivity index (χ3n) is 4.01. The van der Waals surface area contributed by atoms with Gasteiger partial charge < -0.3 is 10.2 Å². The molecule has 0 radical (unpaired) electrons. The second kappa shape index (κ2) is 8.93. The molecule has 102 valence electrons. The predicted molar refractivity (Wildman–Crippen MR) is 76.4 cm³/mol. The van der Waals surface area contributed by atoms with Crippen LogP contribution in [0.1, 0.15) is 52.9 Å². The quantitative estimate of drug-likeness (QED) is 0.688. The van der Waals surface area contributed by atoms with E-state index in [-0.39, 0.29) is 0 Å². The van der Waals surface area contributed by atoms with Crippen LogP contribution in [0.15, 0.2) is 0 Å². The van der Waals surface area contributed by atoms with Gasteiger partial charge in [-0.25, -0.2) is 0 Å². The lowest BCUT2D eigenvalue weighted by molar-refractivity contribution is 0.239. The molecule has 1 aliphatic heterocycles. The van der Waals surface area contributed by atoms with E-state index < -0.39 is 0 Å². The van der Waals surface area contributed by atoms with Gasteiger partial charge in [0.2, 0.25) is 0 Å². The summed E-state index contributed by atoms with van der Waals surface area (Å²) in [6.07, 6.45) is 6.91. The van der Waals surface area contributed by atoms with Gasteiger partial charge in [0.15, 0.2) is 0 Å². The van der Waals surface area contributed by atoms with Crippen molar-refractivity contribution in [3.8, 4) is 0 Å². The Balaban J connectivity index is 2.17. The first-order valence-corrected chi connectivity index (χ1v) is 7.69. The van der Waals surface area contributed by atoms with Crippen molar-refractivity contribution in [3.63, 3.8) is 0 Å².